The molecule has 1 N–H and O–H groups in total. The lowest BCUT2D eigenvalue weighted by Crippen LogP contribution is -2.38. The molecule has 1 aliphatic heterocycles. The van der Waals surface area contributed by atoms with Crippen LogP contribution in [0.4, 0.5) is 5.95 Å². The molecule has 0 aromatic carbocycles. The van der Waals surface area contributed by atoms with Gasteiger partial charge in [0.2, 0.25) is 5.95 Å². The lowest BCUT2D eigenvalue weighted by atomic mass is 10.2. The Bertz CT molecular complexity index is 934. The van der Waals surface area contributed by atoms with Gasteiger partial charge < -0.3 is 19.3 Å². The molecular formula is C19H31N5O4. The first-order chi connectivity index (χ1) is 13.3. The number of ether oxygens (including phenoxy) is 1. The highest BCUT2D eigenvalue weighted by Gasteiger charge is 2.24. The van der Waals surface area contributed by atoms with E-state index in [4.69, 9.17) is 4.74 Å². The zero-order valence-electron chi connectivity index (χ0n) is 17.2. The van der Waals surface area contributed by atoms with Gasteiger partial charge >= 0.3 is 5.69 Å². The van der Waals surface area contributed by atoms with Gasteiger partial charge in [-0.3, -0.25) is 13.9 Å². The average Bonchev–Trinajstić information content (AvgIpc) is 2.83. The predicted molar refractivity (Wildman–Crippen MR) is 108 cm³/mol. The minimum Gasteiger partial charge on any atom is -0.389 e. The molecule has 1 fully saturated rings. The maximum absolute atomic E-state index is 12.9. The largest absolute Gasteiger partial charge is 0.389 e. The van der Waals surface area contributed by atoms with Crippen LogP contribution in [0, 0.1) is 0 Å². The molecule has 3 heterocycles. The number of hydrogen-bond acceptors (Lipinski definition) is 6. The summed E-state index contributed by atoms with van der Waals surface area (Å²) in [5.74, 6) is 0.638. The summed E-state index contributed by atoms with van der Waals surface area (Å²) in [4.78, 5) is 32.1. The van der Waals surface area contributed by atoms with Crippen molar-refractivity contribution in [1.82, 2.24) is 18.7 Å². The standard InChI is InChI=1S/C19H31N5O4/c1-13(2)28-12-14(25)11-24-15-16(21(3)19(27)22(4)17(15)26)20-18(24)23-9-7-5-6-8-10-23/h13-14,25H,5-12H2,1-4H3/t14-/m1/s1. The van der Waals surface area contributed by atoms with Crippen LogP contribution in [0.15, 0.2) is 9.59 Å². The number of nitrogens with zero attached hydrogens (tertiary/aromatic N) is 5. The highest BCUT2D eigenvalue weighted by atomic mass is 16.5. The number of imidazole rings is 1. The first kappa shape index (κ1) is 20.6. The van der Waals surface area contributed by atoms with E-state index in [0.29, 0.717) is 17.1 Å². The number of anilines is 1. The summed E-state index contributed by atoms with van der Waals surface area (Å²) < 4.78 is 9.77. The van der Waals surface area contributed by atoms with Crippen molar-refractivity contribution in [3.63, 3.8) is 0 Å². The Kier molecular flexibility index (Phi) is 6.24. The maximum Gasteiger partial charge on any atom is 0.332 e. The Balaban J connectivity index is 2.12. The Morgan fingerprint density at radius 3 is 2.32 bits per heavy atom. The minimum absolute atomic E-state index is 0.00736. The Morgan fingerprint density at radius 2 is 1.71 bits per heavy atom. The first-order valence-corrected chi connectivity index (χ1v) is 10.0. The van der Waals surface area contributed by atoms with Gasteiger partial charge in [-0.05, 0) is 26.7 Å². The van der Waals surface area contributed by atoms with Crippen LogP contribution in [0.25, 0.3) is 11.2 Å². The molecule has 156 valence electrons. The van der Waals surface area contributed by atoms with Gasteiger partial charge in [0, 0.05) is 27.2 Å². The molecule has 1 atom stereocenters. The quantitative estimate of drug-likeness (QED) is 0.772. The Hall–Kier alpha value is -2.13. The minimum atomic E-state index is -0.785. The van der Waals surface area contributed by atoms with Crippen molar-refractivity contribution >= 4 is 17.1 Å². The molecule has 0 saturated carbocycles. The number of hydrogen-bond donors (Lipinski definition) is 1. The van der Waals surface area contributed by atoms with E-state index in [1.165, 1.54) is 24.5 Å². The van der Waals surface area contributed by atoms with E-state index in [0.717, 1.165) is 30.5 Å². The van der Waals surface area contributed by atoms with Gasteiger partial charge in [0.25, 0.3) is 5.56 Å². The molecule has 9 heteroatoms. The maximum atomic E-state index is 12.9. The fourth-order valence-electron chi connectivity index (χ4n) is 3.69. The number of aryl methyl sites for hydroxylation is 1. The molecule has 0 unspecified atom stereocenters. The van der Waals surface area contributed by atoms with Crippen molar-refractivity contribution in [2.75, 3.05) is 24.6 Å². The van der Waals surface area contributed by atoms with Crippen molar-refractivity contribution < 1.29 is 9.84 Å². The van der Waals surface area contributed by atoms with E-state index in [-0.39, 0.29) is 19.3 Å². The second kappa shape index (κ2) is 8.48. The van der Waals surface area contributed by atoms with Gasteiger partial charge in [0.1, 0.15) is 0 Å². The summed E-state index contributed by atoms with van der Waals surface area (Å²) in [5.41, 5.74) is -0.117. The van der Waals surface area contributed by atoms with Gasteiger partial charge in [-0.15, -0.1) is 0 Å². The molecule has 0 amide bonds. The summed E-state index contributed by atoms with van der Waals surface area (Å²) in [6, 6.07) is 0. The van der Waals surface area contributed by atoms with Crippen molar-refractivity contribution in [3.05, 3.63) is 20.8 Å². The topological polar surface area (TPSA) is 94.5 Å². The molecule has 1 aliphatic rings. The van der Waals surface area contributed by atoms with Crippen LogP contribution in [0.5, 0.6) is 0 Å². The summed E-state index contributed by atoms with van der Waals surface area (Å²) in [7, 11) is 3.08. The Labute approximate surface area is 164 Å². The van der Waals surface area contributed by atoms with Crippen LogP contribution in [0.2, 0.25) is 0 Å². The van der Waals surface area contributed by atoms with Crippen molar-refractivity contribution in [2.24, 2.45) is 14.1 Å². The summed E-state index contributed by atoms with van der Waals surface area (Å²) in [5, 5.41) is 10.5. The first-order valence-electron chi connectivity index (χ1n) is 10.0. The van der Waals surface area contributed by atoms with Crippen molar-refractivity contribution in [1.29, 1.82) is 0 Å². The van der Waals surface area contributed by atoms with Crippen molar-refractivity contribution in [3.8, 4) is 0 Å². The van der Waals surface area contributed by atoms with E-state index in [9.17, 15) is 14.7 Å². The average molecular weight is 393 g/mol. The van der Waals surface area contributed by atoms with Gasteiger partial charge in [-0.25, -0.2) is 4.79 Å². The molecular weight excluding hydrogens is 362 g/mol. The van der Waals surface area contributed by atoms with Crippen LogP contribution in [-0.4, -0.2) is 55.7 Å². The molecule has 0 bridgehead atoms. The molecule has 28 heavy (non-hydrogen) atoms. The van der Waals surface area contributed by atoms with Crippen LogP contribution in [-0.2, 0) is 25.4 Å². The van der Waals surface area contributed by atoms with E-state index in [1.54, 1.807) is 11.6 Å². The fraction of sp³-hybridized carbons (Fsp3) is 0.737. The number of aromatic nitrogens is 4. The number of fused-ring (bicyclic) bond motifs is 1. The third-order valence-electron chi connectivity index (χ3n) is 5.23. The summed E-state index contributed by atoms with van der Waals surface area (Å²) in [6.45, 7) is 5.86. The number of aliphatic hydroxyl groups is 1. The molecule has 2 aromatic rings. The summed E-state index contributed by atoms with van der Waals surface area (Å²) >= 11 is 0. The molecule has 1 saturated heterocycles. The van der Waals surface area contributed by atoms with Gasteiger partial charge in [0.15, 0.2) is 11.2 Å². The van der Waals surface area contributed by atoms with Gasteiger partial charge in [-0.1, -0.05) is 12.8 Å². The molecule has 0 radical (unpaired) electrons. The van der Waals surface area contributed by atoms with E-state index >= 15 is 0 Å². The third kappa shape index (κ3) is 4.00. The highest BCUT2D eigenvalue weighted by molar-refractivity contribution is 5.74. The molecule has 0 aliphatic carbocycles. The smallest absolute Gasteiger partial charge is 0.332 e. The van der Waals surface area contributed by atoms with Gasteiger partial charge in [0.05, 0.1) is 25.4 Å². The lowest BCUT2D eigenvalue weighted by molar-refractivity contribution is -0.000180. The van der Waals surface area contributed by atoms with Crippen LogP contribution in [0.3, 0.4) is 0 Å². The fourth-order valence-corrected chi connectivity index (χ4v) is 3.69. The normalized spacial score (nSPS) is 16.7. The second-order valence-electron chi connectivity index (χ2n) is 7.84. The number of aliphatic hydroxyl groups excluding tert-OH is 1. The Morgan fingerprint density at radius 1 is 1.07 bits per heavy atom. The highest BCUT2D eigenvalue weighted by Crippen LogP contribution is 2.23. The summed E-state index contributed by atoms with van der Waals surface area (Å²) in [6.07, 6.45) is 3.67. The molecule has 2 aromatic heterocycles. The van der Waals surface area contributed by atoms with E-state index < -0.39 is 17.4 Å². The lowest BCUT2D eigenvalue weighted by Gasteiger charge is -2.24. The van der Waals surface area contributed by atoms with E-state index in [2.05, 4.69) is 9.88 Å². The second-order valence-corrected chi connectivity index (χ2v) is 7.84. The zero-order chi connectivity index (χ0) is 20.4. The zero-order valence-corrected chi connectivity index (χ0v) is 17.2. The molecule has 3 rings (SSSR count). The molecule has 0 spiro atoms. The SMILES string of the molecule is CC(C)OC[C@H](O)Cn1c(N2CCCCCC2)nc2c1c(=O)n(C)c(=O)n2C. The van der Waals surface area contributed by atoms with Crippen LogP contribution >= 0.6 is 0 Å². The van der Waals surface area contributed by atoms with Crippen molar-refractivity contribution in [2.45, 2.75) is 58.3 Å². The van der Waals surface area contributed by atoms with Crippen LogP contribution in [0.1, 0.15) is 39.5 Å². The van der Waals surface area contributed by atoms with Crippen LogP contribution < -0.4 is 16.1 Å². The van der Waals surface area contributed by atoms with E-state index in [1.807, 2.05) is 13.8 Å². The third-order valence-corrected chi connectivity index (χ3v) is 5.23. The number of rotatable bonds is 6. The predicted octanol–water partition coefficient (Wildman–Crippen LogP) is 0.600. The van der Waals surface area contributed by atoms with Gasteiger partial charge in [-0.2, -0.15) is 4.98 Å². The molecule has 9 nitrogen and oxygen atoms in total. The monoisotopic (exact) mass is 393 g/mol.